The van der Waals surface area contributed by atoms with E-state index in [9.17, 15) is 14.7 Å². The van der Waals surface area contributed by atoms with Gasteiger partial charge in [0.1, 0.15) is 0 Å². The van der Waals surface area contributed by atoms with Crippen LogP contribution in [0.1, 0.15) is 20.8 Å². The fraction of sp³-hybridized carbons (Fsp3) is 0.846. The highest BCUT2D eigenvalue weighted by Crippen LogP contribution is 2.30. The minimum atomic E-state index is -0.366. The number of nitrogens with one attached hydrogen (secondary N) is 2. The van der Waals surface area contributed by atoms with E-state index in [2.05, 4.69) is 10.6 Å². The molecule has 1 saturated heterocycles. The predicted octanol–water partition coefficient (Wildman–Crippen LogP) is -1.40. The van der Waals surface area contributed by atoms with Crippen molar-refractivity contribution in [3.63, 3.8) is 0 Å². The smallest absolute Gasteiger partial charge is 0.239 e. The zero-order valence-corrected chi connectivity index (χ0v) is 12.3. The van der Waals surface area contributed by atoms with Crippen LogP contribution in [0.4, 0.5) is 0 Å². The number of aliphatic hydroxyl groups is 1. The second kappa shape index (κ2) is 7.56. The van der Waals surface area contributed by atoms with Gasteiger partial charge in [0.2, 0.25) is 11.8 Å². The molecule has 0 radical (unpaired) electrons. The molecule has 116 valence electrons. The van der Waals surface area contributed by atoms with Crippen LogP contribution in [-0.4, -0.2) is 54.9 Å². The van der Waals surface area contributed by atoms with Gasteiger partial charge in [0.05, 0.1) is 37.9 Å². The van der Waals surface area contributed by atoms with Gasteiger partial charge < -0.3 is 26.2 Å². The standard InChI is InChI=1S/C13H25N3O4/c1-7-8(2)13(9(3)20-10(7)6-17)16-12(19)5-15-11(18)4-14/h7-10,13,17H,4-6,14H2,1-3H3,(H,15,18)(H,16,19). The number of ether oxygens (including phenoxy) is 1. The molecule has 1 aliphatic rings. The lowest BCUT2D eigenvalue weighted by atomic mass is 9.80. The zero-order chi connectivity index (χ0) is 15.3. The second-order valence-corrected chi connectivity index (χ2v) is 5.35. The van der Waals surface area contributed by atoms with Gasteiger partial charge in [0, 0.05) is 0 Å². The monoisotopic (exact) mass is 287 g/mol. The van der Waals surface area contributed by atoms with Crippen LogP contribution in [0.3, 0.4) is 0 Å². The first-order chi connectivity index (χ1) is 9.40. The third kappa shape index (κ3) is 4.16. The molecule has 1 fully saturated rings. The van der Waals surface area contributed by atoms with E-state index in [4.69, 9.17) is 10.5 Å². The Balaban J connectivity index is 2.53. The van der Waals surface area contributed by atoms with Crippen LogP contribution in [0, 0.1) is 11.8 Å². The topological polar surface area (TPSA) is 114 Å². The Kier molecular flexibility index (Phi) is 6.38. The van der Waals surface area contributed by atoms with E-state index in [1.165, 1.54) is 0 Å². The van der Waals surface area contributed by atoms with Gasteiger partial charge in [0.25, 0.3) is 0 Å². The highest BCUT2D eigenvalue weighted by atomic mass is 16.5. The Morgan fingerprint density at radius 3 is 2.40 bits per heavy atom. The third-order valence-corrected chi connectivity index (χ3v) is 4.02. The Labute approximate surface area is 119 Å². The molecular weight excluding hydrogens is 262 g/mol. The fourth-order valence-corrected chi connectivity index (χ4v) is 2.52. The molecule has 0 aliphatic carbocycles. The molecule has 0 bridgehead atoms. The molecule has 0 aromatic heterocycles. The number of hydrogen-bond donors (Lipinski definition) is 4. The summed E-state index contributed by atoms with van der Waals surface area (Å²) in [5.74, 6) is -0.325. The summed E-state index contributed by atoms with van der Waals surface area (Å²) < 4.78 is 5.71. The van der Waals surface area contributed by atoms with Crippen molar-refractivity contribution < 1.29 is 19.4 Å². The summed E-state index contributed by atoms with van der Waals surface area (Å²) in [6.45, 7) is 5.63. The van der Waals surface area contributed by atoms with Gasteiger partial charge in [-0.05, 0) is 18.8 Å². The van der Waals surface area contributed by atoms with E-state index in [0.717, 1.165) is 0 Å². The molecule has 2 amide bonds. The van der Waals surface area contributed by atoms with E-state index >= 15 is 0 Å². The van der Waals surface area contributed by atoms with Crippen molar-refractivity contribution in [1.29, 1.82) is 0 Å². The van der Waals surface area contributed by atoms with Crippen molar-refractivity contribution >= 4 is 11.8 Å². The lowest BCUT2D eigenvalue weighted by Gasteiger charge is -2.43. The van der Waals surface area contributed by atoms with Crippen LogP contribution in [0.25, 0.3) is 0 Å². The molecule has 0 spiro atoms. The van der Waals surface area contributed by atoms with Gasteiger partial charge in [0.15, 0.2) is 0 Å². The average Bonchev–Trinajstić information content (AvgIpc) is 2.44. The SMILES string of the molecule is CC1OC(CO)C(C)C(C)C1NC(=O)CNC(=O)CN. The molecule has 7 heteroatoms. The van der Waals surface area contributed by atoms with Crippen molar-refractivity contribution in [2.75, 3.05) is 19.7 Å². The molecule has 1 aliphatic heterocycles. The van der Waals surface area contributed by atoms with E-state index in [-0.39, 0.29) is 61.6 Å². The first-order valence-electron chi connectivity index (χ1n) is 6.93. The van der Waals surface area contributed by atoms with Crippen LogP contribution < -0.4 is 16.4 Å². The number of nitrogens with two attached hydrogens (primary N) is 1. The number of hydrogen-bond acceptors (Lipinski definition) is 5. The van der Waals surface area contributed by atoms with Crippen LogP contribution in [-0.2, 0) is 14.3 Å². The largest absolute Gasteiger partial charge is 0.394 e. The summed E-state index contributed by atoms with van der Waals surface area (Å²) >= 11 is 0. The summed E-state index contributed by atoms with van der Waals surface area (Å²) in [7, 11) is 0. The maximum atomic E-state index is 11.8. The predicted molar refractivity (Wildman–Crippen MR) is 73.7 cm³/mol. The third-order valence-electron chi connectivity index (χ3n) is 4.02. The lowest BCUT2D eigenvalue weighted by molar-refractivity contribution is -0.141. The molecule has 0 saturated carbocycles. The molecular formula is C13H25N3O4. The molecule has 20 heavy (non-hydrogen) atoms. The van der Waals surface area contributed by atoms with Crippen molar-refractivity contribution in [2.45, 2.75) is 39.0 Å². The van der Waals surface area contributed by atoms with Crippen molar-refractivity contribution in [2.24, 2.45) is 17.6 Å². The lowest BCUT2D eigenvalue weighted by Crippen LogP contribution is -2.57. The summed E-state index contributed by atoms with van der Waals surface area (Å²) in [5.41, 5.74) is 5.15. The molecule has 0 aromatic carbocycles. The minimum Gasteiger partial charge on any atom is -0.394 e. The van der Waals surface area contributed by atoms with Gasteiger partial charge in [-0.25, -0.2) is 0 Å². The van der Waals surface area contributed by atoms with Crippen LogP contribution in [0.5, 0.6) is 0 Å². The summed E-state index contributed by atoms with van der Waals surface area (Å²) in [5, 5.41) is 14.6. The van der Waals surface area contributed by atoms with Gasteiger partial charge in [-0.15, -0.1) is 0 Å². The van der Waals surface area contributed by atoms with E-state index in [1.807, 2.05) is 20.8 Å². The van der Waals surface area contributed by atoms with Crippen molar-refractivity contribution in [3.05, 3.63) is 0 Å². The Morgan fingerprint density at radius 1 is 1.20 bits per heavy atom. The van der Waals surface area contributed by atoms with Gasteiger partial charge >= 0.3 is 0 Å². The highest BCUT2D eigenvalue weighted by Gasteiger charge is 2.39. The summed E-state index contributed by atoms with van der Waals surface area (Å²) in [4.78, 5) is 22.8. The van der Waals surface area contributed by atoms with Gasteiger partial charge in [-0.1, -0.05) is 13.8 Å². The van der Waals surface area contributed by atoms with Crippen molar-refractivity contribution in [1.82, 2.24) is 10.6 Å². The summed E-state index contributed by atoms with van der Waals surface area (Å²) in [6.07, 6.45) is -0.391. The number of carbonyl (C=O) groups excluding carboxylic acids is 2. The quantitative estimate of drug-likeness (QED) is 0.496. The molecule has 1 rings (SSSR count). The van der Waals surface area contributed by atoms with E-state index in [0.29, 0.717) is 0 Å². The molecule has 0 aromatic rings. The number of rotatable bonds is 5. The number of amides is 2. The van der Waals surface area contributed by atoms with E-state index < -0.39 is 0 Å². The van der Waals surface area contributed by atoms with Crippen LogP contribution in [0.15, 0.2) is 0 Å². The van der Waals surface area contributed by atoms with Gasteiger partial charge in [-0.2, -0.15) is 0 Å². The maximum Gasteiger partial charge on any atom is 0.239 e. The first kappa shape index (κ1) is 16.9. The van der Waals surface area contributed by atoms with Crippen molar-refractivity contribution in [3.8, 4) is 0 Å². The number of aliphatic hydroxyl groups excluding tert-OH is 1. The van der Waals surface area contributed by atoms with E-state index in [1.54, 1.807) is 0 Å². The molecule has 5 atom stereocenters. The van der Waals surface area contributed by atoms with Gasteiger partial charge in [-0.3, -0.25) is 9.59 Å². The Morgan fingerprint density at radius 2 is 1.85 bits per heavy atom. The first-order valence-corrected chi connectivity index (χ1v) is 6.93. The Bertz CT molecular complexity index is 351. The molecule has 5 unspecified atom stereocenters. The zero-order valence-electron chi connectivity index (χ0n) is 12.3. The minimum absolute atomic E-state index is 0.0247. The second-order valence-electron chi connectivity index (χ2n) is 5.35. The molecule has 7 nitrogen and oxygen atoms in total. The highest BCUT2D eigenvalue weighted by molar-refractivity contribution is 5.85. The average molecular weight is 287 g/mol. The normalized spacial score (nSPS) is 33.5. The van der Waals surface area contributed by atoms with Crippen LogP contribution in [0.2, 0.25) is 0 Å². The fourth-order valence-electron chi connectivity index (χ4n) is 2.52. The Hall–Kier alpha value is -1.18. The van der Waals surface area contributed by atoms with Crippen LogP contribution >= 0.6 is 0 Å². The number of carbonyl (C=O) groups is 2. The molecule has 1 heterocycles. The summed E-state index contributed by atoms with van der Waals surface area (Å²) in [6, 6.07) is -0.143. The maximum absolute atomic E-state index is 11.8. The molecule has 5 N–H and O–H groups in total.